The van der Waals surface area contributed by atoms with Crippen LogP contribution in [0.5, 0.6) is 5.75 Å². The molecule has 2 unspecified atom stereocenters. The van der Waals surface area contributed by atoms with Gasteiger partial charge in [0.05, 0.1) is 0 Å². The van der Waals surface area contributed by atoms with E-state index in [0.717, 1.165) is 36.0 Å². The van der Waals surface area contributed by atoms with E-state index >= 15 is 0 Å². The topological polar surface area (TPSA) is 21.6 Å². The van der Waals surface area contributed by atoms with Gasteiger partial charge in [0.2, 0.25) is 0 Å². The number of ether oxygens (including phenoxy) is 1. The zero-order valence-electron chi connectivity index (χ0n) is 13.2. The summed E-state index contributed by atoms with van der Waals surface area (Å²) in [6, 6.07) is 5.82. The van der Waals surface area contributed by atoms with Crippen LogP contribution in [0.4, 0.5) is 0 Å². The summed E-state index contributed by atoms with van der Waals surface area (Å²) in [5.74, 6) is 2.65. The van der Waals surface area contributed by atoms with Crippen LogP contribution in [0.3, 0.4) is 0 Å². The number of aliphatic imine (C=N–C) groups is 1. The summed E-state index contributed by atoms with van der Waals surface area (Å²) in [6.45, 7) is 0. The van der Waals surface area contributed by atoms with E-state index in [1.54, 1.807) is 0 Å². The van der Waals surface area contributed by atoms with Gasteiger partial charge < -0.3 is 4.74 Å². The van der Waals surface area contributed by atoms with Gasteiger partial charge in [0.15, 0.2) is 0 Å². The highest BCUT2D eigenvalue weighted by molar-refractivity contribution is 6.30. The first-order chi connectivity index (χ1) is 11.3. The van der Waals surface area contributed by atoms with Gasteiger partial charge in [-0.3, -0.25) is 4.99 Å². The van der Waals surface area contributed by atoms with Gasteiger partial charge in [0.25, 0.3) is 0 Å². The molecule has 3 aliphatic rings. The van der Waals surface area contributed by atoms with Crippen LogP contribution in [-0.2, 0) is 0 Å². The fourth-order valence-corrected chi connectivity index (χ4v) is 3.83. The second-order valence-electron chi connectivity index (χ2n) is 6.96. The van der Waals surface area contributed by atoms with Crippen LogP contribution in [0.15, 0.2) is 41.0 Å². The molecule has 2 nitrogen and oxygen atoms in total. The third-order valence-electron chi connectivity index (χ3n) is 5.13. The SMILES string of the molecule is Clc1ccc2c(c1)OC1CC(CC3CC3)CC/C1=C/C=N/C=C\2. The van der Waals surface area contributed by atoms with E-state index in [4.69, 9.17) is 16.3 Å². The average Bonchev–Trinajstić information content (AvgIpc) is 3.35. The van der Waals surface area contributed by atoms with Crippen LogP contribution in [-0.4, -0.2) is 12.3 Å². The van der Waals surface area contributed by atoms with Gasteiger partial charge in [-0.25, -0.2) is 0 Å². The fourth-order valence-electron chi connectivity index (χ4n) is 3.67. The van der Waals surface area contributed by atoms with Crippen molar-refractivity contribution < 1.29 is 4.74 Å². The summed E-state index contributed by atoms with van der Waals surface area (Å²) in [6.07, 6.45) is 15.7. The van der Waals surface area contributed by atoms with Crippen molar-refractivity contribution >= 4 is 23.9 Å². The minimum absolute atomic E-state index is 0.155. The predicted octanol–water partition coefficient (Wildman–Crippen LogP) is 5.67. The molecule has 0 N–H and O–H groups in total. The van der Waals surface area contributed by atoms with Crippen LogP contribution >= 0.6 is 11.6 Å². The summed E-state index contributed by atoms with van der Waals surface area (Å²) in [7, 11) is 0. The van der Waals surface area contributed by atoms with Crippen LogP contribution in [0.25, 0.3) is 6.08 Å². The minimum Gasteiger partial charge on any atom is -0.485 e. The maximum Gasteiger partial charge on any atom is 0.128 e. The van der Waals surface area contributed by atoms with Crippen molar-refractivity contribution in [2.75, 3.05) is 0 Å². The van der Waals surface area contributed by atoms with Gasteiger partial charge >= 0.3 is 0 Å². The molecule has 2 aliphatic carbocycles. The molecule has 23 heavy (non-hydrogen) atoms. The number of halogens is 1. The molecule has 3 heteroatoms. The van der Waals surface area contributed by atoms with E-state index in [1.807, 2.05) is 36.7 Å². The Kier molecular flexibility index (Phi) is 4.26. The van der Waals surface area contributed by atoms with Crippen molar-refractivity contribution in [2.45, 2.75) is 44.6 Å². The smallest absolute Gasteiger partial charge is 0.128 e. The summed E-state index contributed by atoms with van der Waals surface area (Å²) < 4.78 is 6.42. The predicted molar refractivity (Wildman–Crippen MR) is 96.2 cm³/mol. The lowest BCUT2D eigenvalue weighted by Crippen LogP contribution is -2.28. The maximum atomic E-state index is 6.42. The fraction of sp³-hybridized carbons (Fsp3) is 0.450. The number of rotatable bonds is 2. The lowest BCUT2D eigenvalue weighted by atomic mass is 9.80. The average molecular weight is 328 g/mol. The number of benzene rings is 1. The minimum atomic E-state index is 0.155. The molecular weight excluding hydrogens is 306 g/mol. The summed E-state index contributed by atoms with van der Waals surface area (Å²) in [4.78, 5) is 4.35. The molecule has 1 aliphatic heterocycles. The zero-order chi connectivity index (χ0) is 15.6. The van der Waals surface area contributed by atoms with Gasteiger partial charge in [-0.05, 0) is 73.4 Å². The number of hydrogen-bond acceptors (Lipinski definition) is 2. The zero-order valence-corrected chi connectivity index (χ0v) is 14.0. The Hall–Kier alpha value is -1.54. The number of allylic oxidation sites excluding steroid dienone is 1. The van der Waals surface area contributed by atoms with Gasteiger partial charge in [0.1, 0.15) is 11.9 Å². The number of nitrogens with zero attached hydrogens (tertiary/aromatic N) is 1. The molecule has 0 saturated heterocycles. The van der Waals surface area contributed by atoms with E-state index in [0.29, 0.717) is 5.02 Å². The first kappa shape index (κ1) is 15.0. The molecule has 4 rings (SSSR count). The van der Waals surface area contributed by atoms with Crippen LogP contribution in [0.1, 0.15) is 44.1 Å². The Bertz CT molecular complexity index is 672. The van der Waals surface area contributed by atoms with E-state index in [-0.39, 0.29) is 6.10 Å². The molecule has 2 saturated carbocycles. The lowest BCUT2D eigenvalue weighted by Gasteiger charge is -2.32. The number of fused-ring (bicyclic) bond motifs is 2. The van der Waals surface area contributed by atoms with Crippen molar-refractivity contribution in [3.8, 4) is 5.75 Å². The number of hydrogen-bond donors (Lipinski definition) is 0. The first-order valence-corrected chi connectivity index (χ1v) is 9.01. The molecule has 1 heterocycles. The molecule has 0 bridgehead atoms. The van der Waals surface area contributed by atoms with E-state index in [1.165, 1.54) is 31.3 Å². The van der Waals surface area contributed by atoms with E-state index < -0.39 is 0 Å². The summed E-state index contributed by atoms with van der Waals surface area (Å²) in [5, 5.41) is 0.716. The Morgan fingerprint density at radius 3 is 2.96 bits per heavy atom. The molecule has 1 aromatic rings. The standard InChI is InChI=1S/C20H22ClNO/c21-18-6-5-17-8-10-22-9-7-16-4-3-15(11-14-1-2-14)12-19(16)23-20(17)13-18/h5-10,13-15,19H,1-4,11-12H2/b10-8-,16-7-,22-9+. The maximum absolute atomic E-state index is 6.42. The monoisotopic (exact) mass is 327 g/mol. The third kappa shape index (κ3) is 3.69. The van der Waals surface area contributed by atoms with Crippen LogP contribution < -0.4 is 4.74 Å². The van der Waals surface area contributed by atoms with Crippen molar-refractivity contribution in [3.05, 3.63) is 46.6 Å². The third-order valence-corrected chi connectivity index (χ3v) is 5.36. The second kappa shape index (κ2) is 6.52. The van der Waals surface area contributed by atoms with Gasteiger partial charge in [-0.15, -0.1) is 0 Å². The Balaban J connectivity index is 1.61. The molecule has 1 aromatic carbocycles. The highest BCUT2D eigenvalue weighted by Crippen LogP contribution is 2.42. The Morgan fingerprint density at radius 1 is 1.17 bits per heavy atom. The van der Waals surface area contributed by atoms with Crippen LogP contribution in [0, 0.1) is 11.8 Å². The molecule has 0 spiro atoms. The molecule has 0 radical (unpaired) electrons. The van der Waals surface area contributed by atoms with E-state index in [2.05, 4.69) is 11.1 Å². The lowest BCUT2D eigenvalue weighted by molar-refractivity contribution is 0.163. The van der Waals surface area contributed by atoms with Crippen molar-refractivity contribution in [2.24, 2.45) is 16.8 Å². The van der Waals surface area contributed by atoms with Gasteiger partial charge in [0, 0.05) is 23.0 Å². The molecule has 0 aromatic heterocycles. The quantitative estimate of drug-likeness (QED) is 0.685. The largest absolute Gasteiger partial charge is 0.485 e. The molecule has 0 amide bonds. The molecule has 2 fully saturated rings. The van der Waals surface area contributed by atoms with Gasteiger partial charge in [-0.1, -0.05) is 24.4 Å². The molecule has 120 valence electrons. The molecular formula is C20H22ClNO. The highest BCUT2D eigenvalue weighted by atomic mass is 35.5. The summed E-state index contributed by atoms with van der Waals surface area (Å²) >= 11 is 6.18. The highest BCUT2D eigenvalue weighted by Gasteiger charge is 2.32. The Morgan fingerprint density at radius 2 is 2.09 bits per heavy atom. The normalized spacial score (nSPS) is 31.8. The second-order valence-corrected chi connectivity index (χ2v) is 7.40. The van der Waals surface area contributed by atoms with Crippen molar-refractivity contribution in [1.29, 1.82) is 0 Å². The van der Waals surface area contributed by atoms with Gasteiger partial charge in [-0.2, -0.15) is 0 Å². The van der Waals surface area contributed by atoms with Crippen molar-refractivity contribution in [1.82, 2.24) is 0 Å². The van der Waals surface area contributed by atoms with Crippen LogP contribution in [0.2, 0.25) is 5.02 Å². The first-order valence-electron chi connectivity index (χ1n) is 8.63. The Labute approximate surface area is 142 Å². The summed E-state index contributed by atoms with van der Waals surface area (Å²) in [5.41, 5.74) is 2.40. The molecule has 2 atom stereocenters. The van der Waals surface area contributed by atoms with E-state index in [9.17, 15) is 0 Å². The van der Waals surface area contributed by atoms with Crippen molar-refractivity contribution in [3.63, 3.8) is 0 Å².